The van der Waals surface area contributed by atoms with E-state index in [-0.39, 0.29) is 5.92 Å². The maximum absolute atomic E-state index is 12.7. The van der Waals surface area contributed by atoms with E-state index in [1.165, 1.54) is 0 Å². The van der Waals surface area contributed by atoms with E-state index in [9.17, 15) is 4.79 Å². The van der Waals surface area contributed by atoms with Gasteiger partial charge in [0.25, 0.3) is 0 Å². The van der Waals surface area contributed by atoms with Crippen LogP contribution in [0.5, 0.6) is 0 Å². The van der Waals surface area contributed by atoms with Crippen LogP contribution in [0.3, 0.4) is 0 Å². The molecule has 2 aromatic heterocycles. The summed E-state index contributed by atoms with van der Waals surface area (Å²) in [5, 5.41) is 15.5. The summed E-state index contributed by atoms with van der Waals surface area (Å²) in [7, 11) is 1.81. The molecule has 2 aliphatic rings. The molecule has 2 N–H and O–H groups in total. The number of aryl methyl sites for hydroxylation is 1. The Labute approximate surface area is 188 Å². The van der Waals surface area contributed by atoms with Crippen molar-refractivity contribution >= 4 is 29.3 Å². The number of hydrogen-bond donors (Lipinski definition) is 2. The van der Waals surface area contributed by atoms with Crippen molar-refractivity contribution < 1.29 is 4.79 Å². The van der Waals surface area contributed by atoms with Crippen LogP contribution in [0.15, 0.2) is 29.4 Å². The number of rotatable bonds is 6. The van der Waals surface area contributed by atoms with E-state index in [0.717, 1.165) is 87.1 Å². The minimum atomic E-state index is 0.203. The van der Waals surface area contributed by atoms with Crippen LogP contribution in [-0.2, 0) is 11.2 Å². The summed E-state index contributed by atoms with van der Waals surface area (Å²) < 4.78 is 2.04. The largest absolute Gasteiger partial charge is 0.356 e. The number of fused-ring (bicyclic) bond motifs is 1. The van der Waals surface area contributed by atoms with E-state index in [1.807, 2.05) is 47.6 Å². The Balaban J connectivity index is 1.16. The van der Waals surface area contributed by atoms with Crippen molar-refractivity contribution in [3.05, 3.63) is 30.2 Å². The monoisotopic (exact) mass is 443 g/mol. The molecule has 0 radical (unpaired) electrons. The summed E-state index contributed by atoms with van der Waals surface area (Å²) in [6.07, 6.45) is 7.79. The molecule has 3 heterocycles. The van der Waals surface area contributed by atoms with E-state index >= 15 is 0 Å². The van der Waals surface area contributed by atoms with Crippen molar-refractivity contribution in [3.8, 4) is 0 Å². The molecule has 9 heteroatoms. The molecule has 1 saturated carbocycles. The molecule has 0 spiro atoms. The van der Waals surface area contributed by atoms with Gasteiger partial charge in [-0.05, 0) is 44.2 Å². The molecule has 2 fully saturated rings. The zero-order valence-corrected chi connectivity index (χ0v) is 19.1. The second-order valence-electron chi connectivity index (χ2n) is 8.28. The first-order chi connectivity index (χ1) is 15.2. The molecular formula is C22H33N7OS. The van der Waals surface area contributed by atoms with Gasteiger partial charge in [0.15, 0.2) is 11.6 Å². The standard InChI is InChI=1S/C22H33N7OS/c1-23-22(24-11-4-6-20-27-26-19-5-2-3-12-29(19)20)25-18-9-7-17(8-10-18)21(30)28-13-15-31-16-14-28/h2-3,5,12,17-18H,4,6-11,13-16H2,1H3,(H2,23,24,25). The zero-order chi connectivity index (χ0) is 21.5. The molecule has 2 aromatic rings. The summed E-state index contributed by atoms with van der Waals surface area (Å²) >= 11 is 1.95. The predicted molar refractivity (Wildman–Crippen MR) is 125 cm³/mol. The molecule has 8 nitrogen and oxygen atoms in total. The summed E-state index contributed by atoms with van der Waals surface area (Å²) in [6.45, 7) is 2.66. The molecule has 0 atom stereocenters. The first kappa shape index (κ1) is 21.9. The highest BCUT2D eigenvalue weighted by Gasteiger charge is 2.30. The van der Waals surface area contributed by atoms with Crippen molar-refractivity contribution in [2.24, 2.45) is 10.9 Å². The van der Waals surface area contributed by atoms with Gasteiger partial charge in [0, 0.05) is 62.8 Å². The van der Waals surface area contributed by atoms with Gasteiger partial charge in [-0.15, -0.1) is 10.2 Å². The fourth-order valence-electron chi connectivity index (χ4n) is 4.43. The lowest BCUT2D eigenvalue weighted by atomic mass is 9.85. The van der Waals surface area contributed by atoms with Gasteiger partial charge in [-0.25, -0.2) is 0 Å². The molecule has 168 valence electrons. The first-order valence-electron chi connectivity index (χ1n) is 11.4. The number of amides is 1. The Bertz CT molecular complexity index is 885. The van der Waals surface area contributed by atoms with E-state index < -0.39 is 0 Å². The highest BCUT2D eigenvalue weighted by atomic mass is 32.2. The third-order valence-electron chi connectivity index (χ3n) is 6.22. The Morgan fingerprint density at radius 2 is 2.00 bits per heavy atom. The van der Waals surface area contributed by atoms with Crippen LogP contribution in [0.25, 0.3) is 5.65 Å². The molecule has 1 aliphatic heterocycles. The summed E-state index contributed by atoms with van der Waals surface area (Å²) in [5.41, 5.74) is 0.885. The van der Waals surface area contributed by atoms with Gasteiger partial charge in [0.1, 0.15) is 5.82 Å². The van der Waals surface area contributed by atoms with Crippen molar-refractivity contribution in [1.29, 1.82) is 0 Å². The number of nitrogens with zero attached hydrogens (tertiary/aromatic N) is 5. The first-order valence-corrected chi connectivity index (χ1v) is 12.5. The number of pyridine rings is 1. The number of aromatic nitrogens is 3. The van der Waals surface area contributed by atoms with Crippen molar-refractivity contribution in [3.63, 3.8) is 0 Å². The topological polar surface area (TPSA) is 86.9 Å². The Hall–Kier alpha value is -2.29. The maximum Gasteiger partial charge on any atom is 0.225 e. The average Bonchev–Trinajstić information content (AvgIpc) is 3.24. The van der Waals surface area contributed by atoms with Crippen LogP contribution in [0.4, 0.5) is 0 Å². The number of nitrogens with one attached hydrogen (secondary N) is 2. The van der Waals surface area contributed by atoms with Gasteiger partial charge < -0.3 is 15.5 Å². The molecule has 4 rings (SSSR count). The Morgan fingerprint density at radius 3 is 2.77 bits per heavy atom. The van der Waals surface area contributed by atoms with Crippen LogP contribution >= 0.6 is 11.8 Å². The fourth-order valence-corrected chi connectivity index (χ4v) is 5.33. The third-order valence-corrected chi connectivity index (χ3v) is 7.16. The number of carbonyl (C=O) groups excluding carboxylic acids is 1. The second-order valence-corrected chi connectivity index (χ2v) is 9.50. The van der Waals surface area contributed by atoms with E-state index in [1.54, 1.807) is 0 Å². The van der Waals surface area contributed by atoms with Crippen molar-refractivity contribution in [2.45, 2.75) is 44.6 Å². The maximum atomic E-state index is 12.7. The molecule has 31 heavy (non-hydrogen) atoms. The average molecular weight is 444 g/mol. The Morgan fingerprint density at radius 1 is 1.19 bits per heavy atom. The lowest BCUT2D eigenvalue weighted by molar-refractivity contribution is -0.136. The summed E-state index contributed by atoms with van der Waals surface area (Å²) in [5.74, 6) is 4.57. The minimum absolute atomic E-state index is 0.203. The second kappa shape index (κ2) is 10.8. The van der Waals surface area contributed by atoms with Gasteiger partial charge >= 0.3 is 0 Å². The van der Waals surface area contributed by atoms with E-state index in [0.29, 0.717) is 11.9 Å². The highest BCUT2D eigenvalue weighted by Crippen LogP contribution is 2.27. The van der Waals surface area contributed by atoms with Crippen LogP contribution < -0.4 is 10.6 Å². The number of thioether (sulfide) groups is 1. The number of aliphatic imine (C=N–C) groups is 1. The smallest absolute Gasteiger partial charge is 0.225 e. The molecule has 1 amide bonds. The Kier molecular flexibility index (Phi) is 7.66. The minimum Gasteiger partial charge on any atom is -0.356 e. The van der Waals surface area contributed by atoms with Crippen molar-refractivity contribution in [2.75, 3.05) is 38.2 Å². The van der Waals surface area contributed by atoms with Gasteiger partial charge in [-0.2, -0.15) is 11.8 Å². The summed E-state index contributed by atoms with van der Waals surface area (Å²) in [4.78, 5) is 19.2. The van der Waals surface area contributed by atoms with Crippen LogP contribution in [0, 0.1) is 5.92 Å². The van der Waals surface area contributed by atoms with Crippen molar-refractivity contribution in [1.82, 2.24) is 30.1 Å². The normalized spacial score (nSPS) is 22.5. The molecule has 1 aliphatic carbocycles. The van der Waals surface area contributed by atoms with Gasteiger partial charge in [-0.3, -0.25) is 14.2 Å². The molecule has 1 saturated heterocycles. The van der Waals surface area contributed by atoms with E-state index in [2.05, 4.69) is 30.7 Å². The molecule has 0 bridgehead atoms. The van der Waals surface area contributed by atoms with E-state index in [4.69, 9.17) is 0 Å². The number of carbonyl (C=O) groups is 1. The lowest BCUT2D eigenvalue weighted by Gasteiger charge is -2.34. The van der Waals surface area contributed by atoms with Gasteiger partial charge in [-0.1, -0.05) is 6.07 Å². The van der Waals surface area contributed by atoms with Gasteiger partial charge in [0.2, 0.25) is 5.91 Å². The molecule has 0 aromatic carbocycles. The summed E-state index contributed by atoms with van der Waals surface area (Å²) in [6, 6.07) is 6.32. The van der Waals surface area contributed by atoms with Crippen LogP contribution in [-0.4, -0.2) is 75.6 Å². The highest BCUT2D eigenvalue weighted by molar-refractivity contribution is 7.99. The molecular weight excluding hydrogens is 410 g/mol. The quantitative estimate of drug-likeness (QED) is 0.403. The van der Waals surface area contributed by atoms with Gasteiger partial charge in [0.05, 0.1) is 0 Å². The SMILES string of the molecule is CN=C(NCCCc1nnc2ccccn12)NC1CCC(C(=O)N2CCSCC2)CC1. The third kappa shape index (κ3) is 5.70. The van der Waals surface area contributed by atoms with Crippen LogP contribution in [0.2, 0.25) is 0 Å². The molecule has 0 unspecified atom stereocenters. The van der Waals surface area contributed by atoms with Crippen LogP contribution in [0.1, 0.15) is 37.9 Å². The number of guanidine groups is 1. The number of hydrogen-bond acceptors (Lipinski definition) is 5. The zero-order valence-electron chi connectivity index (χ0n) is 18.3. The fraction of sp³-hybridized carbons (Fsp3) is 0.636. The predicted octanol–water partition coefficient (Wildman–Crippen LogP) is 1.96. The lowest BCUT2D eigenvalue weighted by Crippen LogP contribution is -2.47.